The molecular weight excluding hydrogens is 254 g/mol. The summed E-state index contributed by atoms with van der Waals surface area (Å²) in [7, 11) is 0. The third-order valence-corrected chi connectivity index (χ3v) is 3.58. The average molecular weight is 261 g/mol. The van der Waals surface area contributed by atoms with Gasteiger partial charge >= 0.3 is 0 Å². The fourth-order valence-electron chi connectivity index (χ4n) is 1.37. The Morgan fingerprint density at radius 2 is 2.00 bits per heavy atom. The largest absolute Gasteiger partial charge is 0.383 e. The van der Waals surface area contributed by atoms with Crippen molar-refractivity contribution in [2.45, 2.75) is 6.10 Å². The van der Waals surface area contributed by atoms with Gasteiger partial charge in [0, 0.05) is 5.56 Å². The van der Waals surface area contributed by atoms with Crippen LogP contribution in [0.2, 0.25) is 5.02 Å². The van der Waals surface area contributed by atoms with E-state index in [0.29, 0.717) is 9.90 Å². The van der Waals surface area contributed by atoms with Crippen molar-refractivity contribution in [2.24, 2.45) is 0 Å². The molecule has 16 heavy (non-hydrogen) atoms. The third kappa shape index (κ3) is 1.96. The zero-order valence-corrected chi connectivity index (χ0v) is 9.53. The van der Waals surface area contributed by atoms with Crippen LogP contribution in [0.1, 0.15) is 16.5 Å². The van der Waals surface area contributed by atoms with E-state index in [1.165, 1.54) is 23.5 Å². The van der Waals surface area contributed by atoms with Crippen LogP contribution in [0, 0.1) is 11.6 Å². The molecule has 0 aliphatic carbocycles. The molecule has 1 unspecified atom stereocenters. The molecule has 0 aliphatic rings. The topological polar surface area (TPSA) is 20.2 Å². The number of halogens is 3. The first-order chi connectivity index (χ1) is 7.61. The van der Waals surface area contributed by atoms with Crippen molar-refractivity contribution in [3.05, 3.63) is 56.7 Å². The van der Waals surface area contributed by atoms with Crippen LogP contribution in [0.25, 0.3) is 0 Å². The second-order valence-corrected chi connectivity index (χ2v) is 4.53. The fourth-order valence-corrected chi connectivity index (χ4v) is 2.54. The number of rotatable bonds is 2. The lowest BCUT2D eigenvalue weighted by Gasteiger charge is -2.11. The third-order valence-electron chi connectivity index (χ3n) is 2.17. The van der Waals surface area contributed by atoms with Gasteiger partial charge in [-0.1, -0.05) is 23.7 Å². The molecule has 1 aromatic carbocycles. The Balaban J connectivity index is 2.46. The molecule has 1 atom stereocenters. The lowest BCUT2D eigenvalue weighted by molar-refractivity contribution is 0.217. The van der Waals surface area contributed by atoms with E-state index in [1.807, 2.05) is 0 Å². The first-order valence-electron chi connectivity index (χ1n) is 4.46. The lowest BCUT2D eigenvalue weighted by atomic mass is 10.1. The highest BCUT2D eigenvalue weighted by Gasteiger charge is 2.20. The van der Waals surface area contributed by atoms with Crippen LogP contribution in [-0.4, -0.2) is 5.11 Å². The summed E-state index contributed by atoms with van der Waals surface area (Å²) in [5.74, 6) is -2.02. The Labute approximate surface area is 99.9 Å². The molecule has 0 saturated heterocycles. The van der Waals surface area contributed by atoms with Gasteiger partial charge in [0.25, 0.3) is 0 Å². The molecule has 5 heteroatoms. The van der Waals surface area contributed by atoms with Gasteiger partial charge in [-0.15, -0.1) is 11.3 Å². The summed E-state index contributed by atoms with van der Waals surface area (Å²) in [6.45, 7) is 0. The van der Waals surface area contributed by atoms with Crippen molar-refractivity contribution in [2.75, 3.05) is 0 Å². The van der Waals surface area contributed by atoms with Gasteiger partial charge in [0.1, 0.15) is 6.10 Å². The van der Waals surface area contributed by atoms with Crippen molar-refractivity contribution in [1.29, 1.82) is 0 Å². The number of aliphatic hydroxyl groups is 1. The molecule has 0 saturated carbocycles. The number of thiophene rings is 1. The molecule has 84 valence electrons. The average Bonchev–Trinajstić information content (AvgIpc) is 2.68. The van der Waals surface area contributed by atoms with Crippen molar-refractivity contribution in [3.8, 4) is 0 Å². The van der Waals surface area contributed by atoms with Gasteiger partial charge in [0.15, 0.2) is 11.6 Å². The minimum Gasteiger partial charge on any atom is -0.383 e. The summed E-state index contributed by atoms with van der Waals surface area (Å²) in [6.07, 6.45) is -1.23. The zero-order chi connectivity index (χ0) is 11.7. The van der Waals surface area contributed by atoms with E-state index in [-0.39, 0.29) is 5.56 Å². The molecule has 0 spiro atoms. The minimum atomic E-state index is -1.23. The van der Waals surface area contributed by atoms with E-state index < -0.39 is 17.7 Å². The van der Waals surface area contributed by atoms with Gasteiger partial charge < -0.3 is 5.11 Å². The van der Waals surface area contributed by atoms with Crippen molar-refractivity contribution in [1.82, 2.24) is 0 Å². The zero-order valence-electron chi connectivity index (χ0n) is 7.95. The fraction of sp³-hybridized carbons (Fsp3) is 0.0909. The molecule has 0 fully saturated rings. The second kappa shape index (κ2) is 4.49. The maximum absolute atomic E-state index is 13.4. The van der Waals surface area contributed by atoms with Gasteiger partial charge in [-0.25, -0.2) is 8.78 Å². The number of hydrogen-bond acceptors (Lipinski definition) is 2. The summed E-state index contributed by atoms with van der Waals surface area (Å²) < 4.78 is 26.4. The molecule has 0 amide bonds. The first-order valence-corrected chi connectivity index (χ1v) is 5.72. The highest BCUT2D eigenvalue weighted by Crippen LogP contribution is 2.34. The minimum absolute atomic E-state index is 0.107. The lowest BCUT2D eigenvalue weighted by Crippen LogP contribution is -2.02. The summed E-state index contributed by atoms with van der Waals surface area (Å²) >= 11 is 7.01. The molecule has 1 heterocycles. The summed E-state index contributed by atoms with van der Waals surface area (Å²) in [5.41, 5.74) is -0.107. The quantitative estimate of drug-likeness (QED) is 0.872. The number of aliphatic hydroxyl groups excluding tert-OH is 1. The predicted octanol–water partition coefficient (Wildman–Crippen LogP) is 3.76. The van der Waals surface area contributed by atoms with Crippen LogP contribution < -0.4 is 0 Å². The van der Waals surface area contributed by atoms with Gasteiger partial charge in [0.2, 0.25) is 0 Å². The first kappa shape index (κ1) is 11.5. The van der Waals surface area contributed by atoms with Crippen molar-refractivity contribution in [3.63, 3.8) is 0 Å². The van der Waals surface area contributed by atoms with Gasteiger partial charge in [-0.2, -0.15) is 0 Å². The molecule has 2 rings (SSSR count). The van der Waals surface area contributed by atoms with Crippen LogP contribution >= 0.6 is 22.9 Å². The maximum Gasteiger partial charge on any atom is 0.164 e. The standard InChI is InChI=1S/C11H7ClF2OS/c12-7-4-5-16-11(7)10(15)6-2-1-3-8(13)9(6)14/h1-5,10,15H. The highest BCUT2D eigenvalue weighted by atomic mass is 35.5. The molecule has 1 nitrogen and oxygen atoms in total. The van der Waals surface area contributed by atoms with Crippen molar-refractivity contribution >= 4 is 22.9 Å². The molecule has 1 N–H and O–H groups in total. The highest BCUT2D eigenvalue weighted by molar-refractivity contribution is 7.10. The van der Waals surface area contributed by atoms with E-state index in [2.05, 4.69) is 0 Å². The van der Waals surface area contributed by atoms with E-state index in [1.54, 1.807) is 11.4 Å². The normalized spacial score (nSPS) is 12.8. The Morgan fingerprint density at radius 1 is 1.25 bits per heavy atom. The Kier molecular flexibility index (Phi) is 3.23. The summed E-state index contributed by atoms with van der Waals surface area (Å²) in [5, 5.41) is 11.9. The molecule has 0 aliphatic heterocycles. The number of hydrogen-bond donors (Lipinski definition) is 1. The smallest absolute Gasteiger partial charge is 0.164 e. The second-order valence-electron chi connectivity index (χ2n) is 3.18. The van der Waals surface area contributed by atoms with Gasteiger partial charge in [0.05, 0.1) is 9.90 Å². The van der Waals surface area contributed by atoms with Crippen LogP contribution in [0.5, 0.6) is 0 Å². The molecule has 0 bridgehead atoms. The van der Waals surface area contributed by atoms with Gasteiger partial charge in [-0.3, -0.25) is 0 Å². The van der Waals surface area contributed by atoms with E-state index in [9.17, 15) is 13.9 Å². The van der Waals surface area contributed by atoms with E-state index in [0.717, 1.165) is 6.07 Å². The Morgan fingerprint density at radius 3 is 2.62 bits per heavy atom. The summed E-state index contributed by atoms with van der Waals surface area (Å²) in [4.78, 5) is 0.408. The molecule has 0 radical (unpaired) electrons. The van der Waals surface area contributed by atoms with Crippen molar-refractivity contribution < 1.29 is 13.9 Å². The van der Waals surface area contributed by atoms with Crippen LogP contribution in [0.4, 0.5) is 8.78 Å². The molecular formula is C11H7ClF2OS. The monoisotopic (exact) mass is 260 g/mol. The Bertz CT molecular complexity index is 512. The number of benzene rings is 1. The molecule has 2 aromatic rings. The van der Waals surface area contributed by atoms with Crippen LogP contribution in [0.15, 0.2) is 29.6 Å². The van der Waals surface area contributed by atoms with Crippen LogP contribution in [-0.2, 0) is 0 Å². The predicted molar refractivity (Wildman–Crippen MR) is 59.7 cm³/mol. The SMILES string of the molecule is OC(c1cccc(F)c1F)c1sccc1Cl. The molecule has 1 aromatic heterocycles. The summed E-state index contributed by atoms with van der Waals surface area (Å²) in [6, 6.07) is 5.28. The van der Waals surface area contributed by atoms with E-state index in [4.69, 9.17) is 11.6 Å². The van der Waals surface area contributed by atoms with Gasteiger partial charge in [-0.05, 0) is 17.5 Å². The Hall–Kier alpha value is -0.970. The maximum atomic E-state index is 13.4. The van der Waals surface area contributed by atoms with E-state index >= 15 is 0 Å². The van der Waals surface area contributed by atoms with Crippen LogP contribution in [0.3, 0.4) is 0 Å².